The van der Waals surface area contributed by atoms with Crippen LogP contribution in [-0.2, 0) is 0 Å². The summed E-state index contributed by atoms with van der Waals surface area (Å²) in [7, 11) is 0. The molecule has 0 spiro atoms. The predicted octanol–water partition coefficient (Wildman–Crippen LogP) is 6.57. The van der Waals surface area contributed by atoms with Crippen molar-refractivity contribution in [2.75, 3.05) is 5.43 Å². The average Bonchev–Trinajstić information content (AvgIpc) is 3.40. The SMILES string of the molecule is [O-][N+]([O-])=C1C=CC(=NNc2ccc3c(c2)-c2ccccc2C3=P(c2ccccc2)(c2ccccc2)c2ccccc2)C=C1. The van der Waals surface area contributed by atoms with E-state index < -0.39 is 11.8 Å². The molecule has 0 saturated carbocycles. The van der Waals surface area contributed by atoms with E-state index in [1.807, 2.05) is 0 Å². The molecule has 0 radical (unpaired) electrons. The summed E-state index contributed by atoms with van der Waals surface area (Å²) < 4.78 is 0. The first kappa shape index (κ1) is 26.5. The van der Waals surface area contributed by atoms with Crippen molar-refractivity contribution < 1.29 is 4.90 Å². The van der Waals surface area contributed by atoms with Crippen molar-refractivity contribution in [3.05, 3.63) is 179 Å². The van der Waals surface area contributed by atoms with Crippen molar-refractivity contribution in [2.45, 2.75) is 0 Å². The highest BCUT2D eigenvalue weighted by molar-refractivity contribution is 7.96. The van der Waals surface area contributed by atoms with E-state index in [1.165, 1.54) is 50.0 Å². The second-order valence-corrected chi connectivity index (χ2v) is 13.7. The van der Waals surface area contributed by atoms with Crippen LogP contribution in [0.4, 0.5) is 5.69 Å². The smallest absolute Gasteiger partial charge is 0.222 e. The van der Waals surface area contributed by atoms with Gasteiger partial charge in [-0.25, -0.2) is 0 Å². The van der Waals surface area contributed by atoms with E-state index in [4.69, 9.17) is 0 Å². The number of hydrogen-bond acceptors (Lipinski definition) is 4. The molecule has 0 aromatic heterocycles. The molecular formula is C37H27N3O2P-. The molecule has 5 aromatic rings. The Morgan fingerprint density at radius 1 is 0.512 bits per heavy atom. The van der Waals surface area contributed by atoms with Crippen LogP contribution in [0.3, 0.4) is 0 Å². The van der Waals surface area contributed by atoms with Crippen LogP contribution in [0.5, 0.6) is 0 Å². The Kier molecular flexibility index (Phi) is 6.86. The van der Waals surface area contributed by atoms with E-state index in [1.54, 1.807) is 12.2 Å². The highest BCUT2D eigenvalue weighted by Crippen LogP contribution is 2.54. The van der Waals surface area contributed by atoms with Crippen molar-refractivity contribution >= 4 is 45.2 Å². The van der Waals surface area contributed by atoms with E-state index in [9.17, 15) is 10.4 Å². The molecule has 0 atom stereocenters. The number of anilines is 1. The molecule has 43 heavy (non-hydrogen) atoms. The highest BCUT2D eigenvalue weighted by Gasteiger charge is 2.36. The third kappa shape index (κ3) is 4.61. The van der Waals surface area contributed by atoms with Gasteiger partial charge in [0.25, 0.3) is 0 Å². The first-order chi connectivity index (χ1) is 21.2. The van der Waals surface area contributed by atoms with Crippen LogP contribution in [0, 0.1) is 10.4 Å². The van der Waals surface area contributed by atoms with Gasteiger partial charge in [0.2, 0.25) is 5.71 Å². The Bertz CT molecular complexity index is 1890. The van der Waals surface area contributed by atoms with Gasteiger partial charge in [-0.05, 0) is 69.3 Å². The van der Waals surface area contributed by atoms with Crippen LogP contribution in [0.2, 0.25) is 0 Å². The highest BCUT2D eigenvalue weighted by atomic mass is 31.2. The summed E-state index contributed by atoms with van der Waals surface area (Å²) >= 11 is 0. The van der Waals surface area contributed by atoms with Gasteiger partial charge in [-0.1, -0.05) is 121 Å². The summed E-state index contributed by atoms with van der Waals surface area (Å²) in [5.74, 6) is 0. The molecule has 5 aromatic carbocycles. The van der Waals surface area contributed by atoms with E-state index in [2.05, 4.69) is 144 Å². The standard InChI is InChI=1S/C37H27N3O2P/c41-40(42)29-23-20-27(21-24-29)38-39-28-22-25-35-36(26-28)33-18-10-11-19-34(33)37(35)43(30-12-4-1-5-13-30,31-14-6-2-7-15-31)32-16-8-3-9-17-32/h1-26,39H/q-1. The lowest BCUT2D eigenvalue weighted by molar-refractivity contribution is -0.377. The van der Waals surface area contributed by atoms with Crippen molar-refractivity contribution in [3.8, 4) is 11.1 Å². The summed E-state index contributed by atoms with van der Waals surface area (Å²) in [6.45, 7) is -2.34. The van der Waals surface area contributed by atoms with Gasteiger partial charge in [0, 0.05) is 17.4 Å². The van der Waals surface area contributed by atoms with Crippen molar-refractivity contribution in [3.63, 3.8) is 0 Å². The molecule has 0 bridgehead atoms. The summed E-state index contributed by atoms with van der Waals surface area (Å²) in [5, 5.41) is 31.8. The lowest BCUT2D eigenvalue weighted by Crippen LogP contribution is -2.30. The molecule has 0 fully saturated rings. The quantitative estimate of drug-likeness (QED) is 0.109. The number of nitrogens with one attached hydrogen (secondary N) is 1. The molecule has 2 aliphatic carbocycles. The Labute approximate surface area is 250 Å². The zero-order valence-corrected chi connectivity index (χ0v) is 24.1. The van der Waals surface area contributed by atoms with Crippen LogP contribution >= 0.6 is 6.89 Å². The van der Waals surface area contributed by atoms with Gasteiger partial charge in [-0.3, -0.25) is 5.43 Å². The van der Waals surface area contributed by atoms with Crippen LogP contribution < -0.4 is 21.3 Å². The van der Waals surface area contributed by atoms with Gasteiger partial charge < -0.3 is 10.4 Å². The van der Waals surface area contributed by atoms with Crippen molar-refractivity contribution in [2.24, 2.45) is 5.10 Å². The van der Waals surface area contributed by atoms with Gasteiger partial charge in [0.15, 0.2) is 0 Å². The number of hydrogen-bond donors (Lipinski definition) is 1. The third-order valence-electron chi connectivity index (χ3n) is 7.89. The van der Waals surface area contributed by atoms with E-state index in [-0.39, 0.29) is 5.71 Å². The van der Waals surface area contributed by atoms with Crippen LogP contribution in [0.15, 0.2) is 163 Å². The number of nitrogens with zero attached hydrogens (tertiary/aromatic N) is 2. The minimum Gasteiger partial charge on any atom is -0.612 e. The predicted molar refractivity (Wildman–Crippen MR) is 182 cm³/mol. The number of fused-ring (bicyclic) bond motifs is 3. The normalized spacial score (nSPS) is 13.4. The monoisotopic (exact) mass is 576 g/mol. The van der Waals surface area contributed by atoms with Crippen molar-refractivity contribution in [1.82, 2.24) is 0 Å². The fourth-order valence-electron chi connectivity index (χ4n) is 6.04. The maximum absolute atomic E-state index is 11.0. The molecule has 208 valence electrons. The third-order valence-corrected chi connectivity index (χ3v) is 12.3. The second-order valence-electron chi connectivity index (χ2n) is 10.3. The molecule has 5 nitrogen and oxygen atoms in total. The first-order valence-corrected chi connectivity index (χ1v) is 15.8. The van der Waals surface area contributed by atoms with Gasteiger partial charge in [-0.2, -0.15) is 10.0 Å². The van der Waals surface area contributed by atoms with Crippen LogP contribution in [-0.4, -0.2) is 21.6 Å². The van der Waals surface area contributed by atoms with Gasteiger partial charge in [0.05, 0.1) is 11.4 Å². The molecule has 0 unspecified atom stereocenters. The minimum atomic E-state index is -2.34. The maximum Gasteiger partial charge on any atom is 0.222 e. The molecule has 0 saturated heterocycles. The van der Waals surface area contributed by atoms with E-state index >= 15 is 0 Å². The molecular weight excluding hydrogens is 549 g/mol. The molecule has 0 heterocycles. The van der Waals surface area contributed by atoms with Gasteiger partial charge in [-0.15, -0.1) is 0 Å². The molecule has 0 aliphatic heterocycles. The fraction of sp³-hybridized carbons (Fsp3) is 0. The van der Waals surface area contributed by atoms with E-state index in [0.717, 1.165) is 11.3 Å². The zero-order valence-electron chi connectivity index (χ0n) is 23.2. The maximum atomic E-state index is 11.0. The Balaban J connectivity index is 1.49. The zero-order chi connectivity index (χ0) is 29.2. The lowest BCUT2D eigenvalue weighted by atomic mass is 10.1. The molecule has 7 rings (SSSR count). The molecule has 6 heteroatoms. The van der Waals surface area contributed by atoms with Gasteiger partial charge >= 0.3 is 0 Å². The molecule has 0 amide bonds. The topological polar surface area (TPSA) is 73.5 Å². The van der Waals surface area contributed by atoms with Crippen LogP contribution in [0.1, 0.15) is 11.1 Å². The summed E-state index contributed by atoms with van der Waals surface area (Å²) in [6.07, 6.45) is 6.19. The number of allylic oxidation sites excluding steroid dienone is 4. The number of hydrazone groups is 1. The Hall–Kier alpha value is -5.38. The average molecular weight is 577 g/mol. The Morgan fingerprint density at radius 2 is 1.00 bits per heavy atom. The van der Waals surface area contributed by atoms with Gasteiger partial charge in [0.1, 0.15) is 0 Å². The summed E-state index contributed by atoms with van der Waals surface area (Å²) in [4.78, 5) is -0.410. The number of benzene rings is 5. The minimum absolute atomic E-state index is 0.0400. The van der Waals surface area contributed by atoms with E-state index in [0.29, 0.717) is 5.71 Å². The second kappa shape index (κ2) is 11.1. The molecule has 2 aliphatic rings. The largest absolute Gasteiger partial charge is 0.612 e. The summed E-state index contributed by atoms with van der Waals surface area (Å²) in [6, 6.07) is 47.9. The Morgan fingerprint density at radius 3 is 1.53 bits per heavy atom. The molecule has 1 N–H and O–H groups in total. The summed E-state index contributed by atoms with van der Waals surface area (Å²) in [5.41, 5.74) is 9.47. The van der Waals surface area contributed by atoms with Crippen LogP contribution in [0.25, 0.3) is 11.1 Å². The lowest BCUT2D eigenvalue weighted by Gasteiger charge is -2.32. The fourth-order valence-corrected chi connectivity index (χ4v) is 10.7. The number of rotatable bonds is 5. The first-order valence-electron chi connectivity index (χ1n) is 14.0. The van der Waals surface area contributed by atoms with Crippen molar-refractivity contribution in [1.29, 1.82) is 0 Å².